The minimum Gasteiger partial charge on any atom is -0.478 e. The highest BCUT2D eigenvalue weighted by molar-refractivity contribution is 6.03. The van der Waals surface area contributed by atoms with E-state index in [1.165, 1.54) is 34.4 Å². The van der Waals surface area contributed by atoms with Gasteiger partial charge in [0.2, 0.25) is 5.91 Å². The highest BCUT2D eigenvalue weighted by Crippen LogP contribution is 2.42. The molecule has 2 aliphatic carbocycles. The first-order chi connectivity index (χ1) is 29.1. The zero-order chi connectivity index (χ0) is 42.1. The van der Waals surface area contributed by atoms with Crippen LogP contribution in [0.3, 0.4) is 0 Å². The smallest absolute Gasteiger partial charge is 0.328 e. The monoisotopic (exact) mass is 790 g/mol. The van der Waals surface area contributed by atoms with E-state index in [2.05, 4.69) is 68.0 Å². The number of amides is 1. The van der Waals surface area contributed by atoms with Crippen LogP contribution in [0.4, 0.5) is 5.69 Å². The molecular weight excluding hydrogens is 749 g/mol. The van der Waals surface area contributed by atoms with Gasteiger partial charge in [0, 0.05) is 40.5 Å². The second kappa shape index (κ2) is 16.3. The van der Waals surface area contributed by atoms with Crippen LogP contribution in [-0.4, -0.2) is 41.1 Å². The van der Waals surface area contributed by atoms with E-state index < -0.39 is 5.97 Å². The number of hydrogen-bond acceptors (Lipinski definition) is 7. The molecular formula is C49H42N8O3. The predicted octanol–water partition coefficient (Wildman–Crippen LogP) is 9.27. The number of fused-ring (bicyclic) bond motifs is 4. The number of carboxylic acid groups (broad SMARTS) is 1. The van der Waals surface area contributed by atoms with Gasteiger partial charge in [-0.2, -0.15) is 10.5 Å². The molecule has 9 rings (SSSR count). The molecule has 2 aliphatic rings. The van der Waals surface area contributed by atoms with Gasteiger partial charge in [-0.25, -0.2) is 14.8 Å². The Morgan fingerprint density at radius 3 is 1.70 bits per heavy atom. The molecule has 0 aliphatic heterocycles. The molecule has 2 atom stereocenters. The Morgan fingerprint density at radius 1 is 0.733 bits per heavy atom. The van der Waals surface area contributed by atoms with Crippen LogP contribution >= 0.6 is 0 Å². The van der Waals surface area contributed by atoms with E-state index in [-0.39, 0.29) is 18.0 Å². The molecule has 11 heteroatoms. The molecule has 2 aromatic carbocycles. The third-order valence-electron chi connectivity index (χ3n) is 11.4. The summed E-state index contributed by atoms with van der Waals surface area (Å²) in [7, 11) is 0. The molecule has 7 aromatic rings. The van der Waals surface area contributed by atoms with Gasteiger partial charge < -0.3 is 19.6 Å². The summed E-state index contributed by atoms with van der Waals surface area (Å²) in [5.74, 6) is -1.32. The number of aliphatic carboxylic acids is 1. The Balaban J connectivity index is 0.000000170. The van der Waals surface area contributed by atoms with Gasteiger partial charge in [0.25, 0.3) is 0 Å². The minimum atomic E-state index is -1.04. The third-order valence-corrected chi connectivity index (χ3v) is 11.4. The quantitative estimate of drug-likeness (QED) is 0.151. The molecule has 5 heterocycles. The zero-order valence-corrected chi connectivity index (χ0v) is 33.8. The van der Waals surface area contributed by atoms with Crippen LogP contribution in [0.5, 0.6) is 0 Å². The average Bonchev–Trinajstić information content (AvgIpc) is 4.00. The van der Waals surface area contributed by atoms with Crippen LogP contribution in [-0.2, 0) is 22.4 Å². The summed E-state index contributed by atoms with van der Waals surface area (Å²) in [4.78, 5) is 37.4. The van der Waals surface area contributed by atoms with E-state index in [1.54, 1.807) is 30.6 Å². The van der Waals surface area contributed by atoms with Crippen molar-refractivity contribution >= 4 is 51.8 Å². The molecule has 60 heavy (non-hydrogen) atoms. The van der Waals surface area contributed by atoms with Crippen LogP contribution in [0.1, 0.15) is 92.2 Å². The number of pyridine rings is 3. The molecule has 0 bridgehead atoms. The van der Waals surface area contributed by atoms with Gasteiger partial charge in [-0.05, 0) is 123 Å². The van der Waals surface area contributed by atoms with E-state index in [0.717, 1.165) is 76.3 Å². The number of carboxylic acids is 1. The van der Waals surface area contributed by atoms with Crippen LogP contribution in [0.25, 0.3) is 34.2 Å². The predicted molar refractivity (Wildman–Crippen MR) is 232 cm³/mol. The molecule has 0 fully saturated rings. The van der Waals surface area contributed by atoms with Crippen molar-refractivity contribution in [3.05, 3.63) is 165 Å². The molecule has 0 saturated carbocycles. The summed E-state index contributed by atoms with van der Waals surface area (Å²) in [6.07, 6.45) is 12.8. The third kappa shape index (κ3) is 7.22. The lowest BCUT2D eigenvalue weighted by Gasteiger charge is -2.18. The first kappa shape index (κ1) is 39.2. The molecule has 0 spiro atoms. The summed E-state index contributed by atoms with van der Waals surface area (Å²) in [6, 6.07) is 29.0. The van der Waals surface area contributed by atoms with Crippen LogP contribution in [0, 0.1) is 50.4 Å². The zero-order valence-electron chi connectivity index (χ0n) is 33.8. The lowest BCUT2D eigenvalue weighted by molar-refractivity contribution is -0.131. The number of aromatic nitrogens is 5. The van der Waals surface area contributed by atoms with Gasteiger partial charge in [-0.1, -0.05) is 48.5 Å². The molecule has 11 nitrogen and oxygen atoms in total. The maximum atomic E-state index is 12.6. The van der Waals surface area contributed by atoms with Gasteiger partial charge in [0.05, 0.1) is 46.5 Å². The average molecular weight is 791 g/mol. The summed E-state index contributed by atoms with van der Waals surface area (Å²) < 4.78 is 4.20. The van der Waals surface area contributed by atoms with Crippen molar-refractivity contribution in [2.24, 2.45) is 0 Å². The number of rotatable bonds is 7. The maximum absolute atomic E-state index is 12.6. The molecule has 2 N–H and O–H groups in total. The number of aryl methyl sites for hydroxylation is 6. The van der Waals surface area contributed by atoms with Gasteiger partial charge in [0.15, 0.2) is 0 Å². The normalized spacial score (nSPS) is 15.4. The standard InChI is InChI=1S/C27H23N5O.C22H19N3O2/c1-17-14-18(2)30-27-26(17)22(15-28)24(11-12-25(33)31-20-7-5-13-29-16-20)32(27)23-10-9-19-6-3-4-8-21(19)23;1-13-11-14(2)24-22-21(13)17(12-23)19(9-10-20(26)27)25(22)18-8-7-15-5-3-4-6-16(15)18/h3-8,11-14,16,23H,9-10H2,1-2H3,(H,31,33);3-6,9-11,18H,7-8H2,1-2H3,(H,26,27)/b12-11+;10-9+. The van der Waals surface area contributed by atoms with E-state index >= 15 is 0 Å². The van der Waals surface area contributed by atoms with Crippen molar-refractivity contribution in [2.75, 3.05) is 5.32 Å². The number of nitrogens with zero attached hydrogens (tertiary/aromatic N) is 7. The number of carbonyl (C=O) groups is 2. The molecule has 0 saturated heterocycles. The van der Waals surface area contributed by atoms with Gasteiger partial charge in [-0.3, -0.25) is 9.78 Å². The van der Waals surface area contributed by atoms with Crippen molar-refractivity contribution in [2.45, 2.75) is 65.5 Å². The molecule has 1 amide bonds. The van der Waals surface area contributed by atoms with E-state index in [0.29, 0.717) is 28.2 Å². The van der Waals surface area contributed by atoms with Gasteiger partial charge in [-0.15, -0.1) is 0 Å². The van der Waals surface area contributed by atoms with Crippen molar-refractivity contribution < 1.29 is 14.7 Å². The SMILES string of the molecule is Cc1cc(C)c2c(C#N)c(/C=C/C(=O)Nc3cccnc3)n(C3CCc4ccccc43)c2n1.Cc1cc(C)c2c(C#N)c(/C=C/C(=O)O)n(C3CCc4ccccc43)c2n1. The first-order valence-electron chi connectivity index (χ1n) is 19.9. The Bertz CT molecular complexity index is 3000. The van der Waals surface area contributed by atoms with Crippen molar-refractivity contribution in [1.29, 1.82) is 10.5 Å². The van der Waals surface area contributed by atoms with Gasteiger partial charge in [0.1, 0.15) is 23.4 Å². The fraction of sp³-hybridized carbons (Fsp3) is 0.204. The summed E-state index contributed by atoms with van der Waals surface area (Å²) in [5.41, 5.74) is 13.3. The molecule has 296 valence electrons. The van der Waals surface area contributed by atoms with Crippen molar-refractivity contribution in [3.63, 3.8) is 0 Å². The van der Waals surface area contributed by atoms with Crippen LogP contribution < -0.4 is 5.32 Å². The van der Waals surface area contributed by atoms with Crippen LogP contribution in [0.2, 0.25) is 0 Å². The number of benzene rings is 2. The Morgan fingerprint density at radius 2 is 1.23 bits per heavy atom. The summed E-state index contributed by atoms with van der Waals surface area (Å²) >= 11 is 0. The largest absolute Gasteiger partial charge is 0.478 e. The number of carbonyl (C=O) groups excluding carboxylic acids is 1. The van der Waals surface area contributed by atoms with E-state index in [4.69, 9.17) is 15.1 Å². The van der Waals surface area contributed by atoms with Crippen molar-refractivity contribution in [1.82, 2.24) is 24.1 Å². The van der Waals surface area contributed by atoms with E-state index in [9.17, 15) is 20.1 Å². The molecule has 0 radical (unpaired) electrons. The van der Waals surface area contributed by atoms with E-state index in [1.807, 2.05) is 52.0 Å². The first-order valence-corrected chi connectivity index (χ1v) is 19.9. The molecule has 2 unspecified atom stereocenters. The second-order valence-electron chi connectivity index (χ2n) is 15.3. The highest BCUT2D eigenvalue weighted by atomic mass is 16.4. The lowest BCUT2D eigenvalue weighted by atomic mass is 10.1. The molecule has 5 aromatic heterocycles. The topological polar surface area (TPSA) is 163 Å². The number of hydrogen-bond donors (Lipinski definition) is 2. The lowest BCUT2D eigenvalue weighted by Crippen LogP contribution is -2.11. The van der Waals surface area contributed by atoms with Crippen molar-refractivity contribution in [3.8, 4) is 12.1 Å². The minimum absolute atomic E-state index is 0.0351. The summed E-state index contributed by atoms with van der Waals surface area (Å²) in [5, 5.41) is 33.6. The Labute approximate surface area is 347 Å². The number of nitrogens with one attached hydrogen (secondary N) is 1. The highest BCUT2D eigenvalue weighted by Gasteiger charge is 2.31. The number of anilines is 1. The fourth-order valence-corrected chi connectivity index (χ4v) is 9.04. The number of nitriles is 2. The second-order valence-corrected chi connectivity index (χ2v) is 15.3. The fourth-order valence-electron chi connectivity index (χ4n) is 9.04. The Hall–Kier alpha value is -7.63. The summed E-state index contributed by atoms with van der Waals surface area (Å²) in [6.45, 7) is 7.88. The Kier molecular flexibility index (Phi) is 10.7. The maximum Gasteiger partial charge on any atom is 0.328 e. The van der Waals surface area contributed by atoms with Crippen LogP contribution in [0.15, 0.2) is 97.3 Å². The van der Waals surface area contributed by atoms with Gasteiger partial charge >= 0.3 is 5.97 Å².